The maximum Gasteiger partial charge on any atom is 0.354 e. The van der Waals surface area contributed by atoms with E-state index in [2.05, 4.69) is 25.6 Å². The van der Waals surface area contributed by atoms with Crippen molar-refractivity contribution in [2.24, 2.45) is 0 Å². The number of carbonyl (C=O) groups excluding carboxylic acids is 1. The number of nitrogens with one attached hydrogen (secondary N) is 2. The minimum atomic E-state index is -0.520. The van der Waals surface area contributed by atoms with Crippen molar-refractivity contribution in [3.8, 4) is 0 Å². The molecular formula is C18H23N7O4. The fourth-order valence-corrected chi connectivity index (χ4v) is 2.83. The van der Waals surface area contributed by atoms with Crippen LogP contribution in [0.5, 0.6) is 0 Å². The van der Waals surface area contributed by atoms with Crippen molar-refractivity contribution in [2.75, 3.05) is 50.6 Å². The van der Waals surface area contributed by atoms with Gasteiger partial charge in [-0.15, -0.1) is 0 Å². The van der Waals surface area contributed by atoms with Crippen molar-refractivity contribution in [1.29, 1.82) is 0 Å². The molecule has 1 fully saturated rings. The van der Waals surface area contributed by atoms with Crippen LogP contribution in [0.25, 0.3) is 0 Å². The molecule has 2 aromatic rings. The topological polar surface area (TPSA) is 126 Å². The smallest absolute Gasteiger partial charge is 0.354 e. The minimum Gasteiger partial charge on any atom is -0.462 e. The standard InChI is InChI=1S/C18H23N7O4/c1-3-29-18(26)13-4-6-14(7-5-13)21-16-15(25(27)28)17(20-12-19-16)22-24-10-8-23(2)9-11-24/h4-7,12H,3,8-11H2,1-2H3,(H2,19,20,21,22). The number of ether oxygens (including phenoxy) is 1. The molecule has 3 rings (SSSR count). The summed E-state index contributed by atoms with van der Waals surface area (Å²) in [6.07, 6.45) is 1.26. The average Bonchev–Trinajstić information content (AvgIpc) is 2.70. The number of hydrazine groups is 1. The Kier molecular flexibility index (Phi) is 6.52. The number of hydrogen-bond donors (Lipinski definition) is 2. The summed E-state index contributed by atoms with van der Waals surface area (Å²) in [4.78, 5) is 33.2. The molecule has 2 heterocycles. The van der Waals surface area contributed by atoms with Crippen molar-refractivity contribution in [3.63, 3.8) is 0 Å². The summed E-state index contributed by atoms with van der Waals surface area (Å²) in [6, 6.07) is 6.42. The molecule has 0 spiro atoms. The highest BCUT2D eigenvalue weighted by Crippen LogP contribution is 2.31. The molecule has 11 heteroatoms. The number of nitrogens with zero attached hydrogens (tertiary/aromatic N) is 5. The fraction of sp³-hybridized carbons (Fsp3) is 0.389. The van der Waals surface area contributed by atoms with E-state index in [0.717, 1.165) is 26.2 Å². The van der Waals surface area contributed by atoms with E-state index in [1.54, 1.807) is 31.2 Å². The molecule has 0 saturated carbocycles. The number of hydrogen-bond acceptors (Lipinski definition) is 10. The van der Waals surface area contributed by atoms with Gasteiger partial charge in [0.25, 0.3) is 0 Å². The number of carbonyl (C=O) groups is 1. The van der Waals surface area contributed by atoms with Crippen molar-refractivity contribution < 1.29 is 14.5 Å². The zero-order valence-electron chi connectivity index (χ0n) is 16.3. The predicted molar refractivity (Wildman–Crippen MR) is 107 cm³/mol. The van der Waals surface area contributed by atoms with Gasteiger partial charge in [0.15, 0.2) is 0 Å². The monoisotopic (exact) mass is 401 g/mol. The predicted octanol–water partition coefficient (Wildman–Crippen LogP) is 1.88. The number of likely N-dealkylation sites (N-methyl/N-ethyl adjacent to an activating group) is 1. The number of piperazine rings is 1. The lowest BCUT2D eigenvalue weighted by molar-refractivity contribution is -0.383. The van der Waals surface area contributed by atoms with Crippen LogP contribution in [0.3, 0.4) is 0 Å². The van der Waals surface area contributed by atoms with E-state index >= 15 is 0 Å². The summed E-state index contributed by atoms with van der Waals surface area (Å²) in [5.41, 5.74) is 3.72. The normalized spacial score (nSPS) is 15.0. The fourth-order valence-electron chi connectivity index (χ4n) is 2.83. The van der Waals surface area contributed by atoms with Crippen molar-refractivity contribution in [1.82, 2.24) is 19.9 Å². The van der Waals surface area contributed by atoms with Gasteiger partial charge >= 0.3 is 11.7 Å². The maximum absolute atomic E-state index is 11.7. The molecule has 0 radical (unpaired) electrons. The van der Waals surface area contributed by atoms with Gasteiger partial charge in [-0.3, -0.25) is 15.5 Å². The molecule has 1 aromatic carbocycles. The molecule has 1 aliphatic heterocycles. The number of esters is 1. The molecule has 1 aromatic heterocycles. The Morgan fingerprint density at radius 3 is 2.45 bits per heavy atom. The van der Waals surface area contributed by atoms with Crippen LogP contribution in [-0.2, 0) is 4.74 Å². The second-order valence-electron chi connectivity index (χ2n) is 6.50. The van der Waals surface area contributed by atoms with Gasteiger partial charge in [0.05, 0.1) is 17.1 Å². The minimum absolute atomic E-state index is 0.0607. The van der Waals surface area contributed by atoms with Crippen LogP contribution in [0, 0.1) is 10.1 Å². The second kappa shape index (κ2) is 9.26. The van der Waals surface area contributed by atoms with Crippen LogP contribution in [0.1, 0.15) is 17.3 Å². The molecule has 0 atom stereocenters. The van der Waals surface area contributed by atoms with Crippen LogP contribution < -0.4 is 10.7 Å². The lowest BCUT2D eigenvalue weighted by Crippen LogP contribution is -2.47. The summed E-state index contributed by atoms with van der Waals surface area (Å²) >= 11 is 0. The highest BCUT2D eigenvalue weighted by molar-refractivity contribution is 5.90. The molecule has 0 amide bonds. The Morgan fingerprint density at radius 2 is 1.83 bits per heavy atom. The van der Waals surface area contributed by atoms with Crippen molar-refractivity contribution >= 4 is 29.0 Å². The molecule has 1 saturated heterocycles. The Bertz CT molecular complexity index is 867. The van der Waals surface area contributed by atoms with Crippen molar-refractivity contribution in [3.05, 3.63) is 46.3 Å². The first kappa shape index (κ1) is 20.4. The van der Waals surface area contributed by atoms with Gasteiger partial charge in [0, 0.05) is 31.9 Å². The highest BCUT2D eigenvalue weighted by atomic mass is 16.6. The Balaban J connectivity index is 1.78. The Hall–Kier alpha value is -3.31. The molecule has 0 aliphatic carbocycles. The van der Waals surface area contributed by atoms with Crippen LogP contribution >= 0.6 is 0 Å². The first-order valence-electron chi connectivity index (χ1n) is 9.21. The molecule has 11 nitrogen and oxygen atoms in total. The van der Waals surface area contributed by atoms with Gasteiger partial charge in [-0.1, -0.05) is 0 Å². The summed E-state index contributed by atoms with van der Waals surface area (Å²) in [6.45, 7) is 5.16. The first-order chi connectivity index (χ1) is 14.0. The summed E-state index contributed by atoms with van der Waals surface area (Å²) in [5, 5.41) is 16.5. The van der Waals surface area contributed by atoms with E-state index in [1.807, 2.05) is 12.1 Å². The third kappa shape index (κ3) is 5.15. The molecule has 154 valence electrons. The number of benzene rings is 1. The average molecular weight is 401 g/mol. The van der Waals surface area contributed by atoms with Crippen LogP contribution in [-0.4, -0.2) is 70.6 Å². The first-order valence-corrected chi connectivity index (χ1v) is 9.21. The van der Waals surface area contributed by atoms with Crippen LogP contribution in [0.15, 0.2) is 30.6 Å². The highest BCUT2D eigenvalue weighted by Gasteiger charge is 2.25. The zero-order chi connectivity index (χ0) is 20.8. The van der Waals surface area contributed by atoms with Gasteiger partial charge in [0.2, 0.25) is 11.6 Å². The number of nitro groups is 1. The van der Waals surface area contributed by atoms with E-state index in [1.165, 1.54) is 6.33 Å². The molecule has 2 N–H and O–H groups in total. The van der Waals surface area contributed by atoms with Gasteiger partial charge in [-0.2, -0.15) is 0 Å². The molecule has 1 aliphatic rings. The van der Waals surface area contributed by atoms with Crippen LogP contribution in [0.4, 0.5) is 23.0 Å². The molecule has 0 unspecified atom stereocenters. The van der Waals surface area contributed by atoms with Gasteiger partial charge < -0.3 is 15.0 Å². The quantitative estimate of drug-likeness (QED) is 0.403. The Labute approximate surface area is 167 Å². The van der Waals surface area contributed by atoms with Crippen molar-refractivity contribution in [2.45, 2.75) is 6.92 Å². The SMILES string of the molecule is CCOC(=O)c1ccc(Nc2ncnc(NN3CCN(C)CC3)c2[N+](=O)[O-])cc1. The maximum atomic E-state index is 11.7. The number of anilines is 3. The van der Waals surface area contributed by atoms with E-state index in [4.69, 9.17) is 4.74 Å². The van der Waals surface area contributed by atoms with Gasteiger partial charge in [-0.25, -0.2) is 19.8 Å². The third-order valence-corrected chi connectivity index (χ3v) is 4.43. The lowest BCUT2D eigenvalue weighted by Gasteiger charge is -2.32. The van der Waals surface area contributed by atoms with E-state index in [9.17, 15) is 14.9 Å². The van der Waals surface area contributed by atoms with E-state index in [0.29, 0.717) is 11.3 Å². The third-order valence-electron chi connectivity index (χ3n) is 4.43. The molecular weight excluding hydrogens is 378 g/mol. The molecule has 29 heavy (non-hydrogen) atoms. The second-order valence-corrected chi connectivity index (χ2v) is 6.50. The molecule has 0 bridgehead atoms. The summed E-state index contributed by atoms with van der Waals surface area (Å²) in [7, 11) is 2.03. The summed E-state index contributed by atoms with van der Waals surface area (Å²) in [5.74, 6) is -0.239. The zero-order valence-corrected chi connectivity index (χ0v) is 16.3. The number of rotatable bonds is 7. The summed E-state index contributed by atoms with van der Waals surface area (Å²) < 4.78 is 4.95. The van der Waals surface area contributed by atoms with E-state index < -0.39 is 10.9 Å². The lowest BCUT2D eigenvalue weighted by atomic mass is 10.2. The van der Waals surface area contributed by atoms with Gasteiger partial charge in [-0.05, 0) is 38.2 Å². The van der Waals surface area contributed by atoms with Crippen LogP contribution in [0.2, 0.25) is 0 Å². The Morgan fingerprint density at radius 1 is 1.17 bits per heavy atom. The number of aromatic nitrogens is 2. The largest absolute Gasteiger partial charge is 0.462 e. The van der Waals surface area contributed by atoms with Gasteiger partial charge in [0.1, 0.15) is 6.33 Å². The van der Waals surface area contributed by atoms with E-state index in [-0.39, 0.29) is 23.9 Å².